The fraction of sp³-hybridized carbons (Fsp3) is 0.455. The third-order valence-electron chi connectivity index (χ3n) is 6.80. The average Bonchev–Trinajstić information content (AvgIpc) is 3.03. The van der Waals surface area contributed by atoms with Gasteiger partial charge >= 0.3 is 0 Å². The minimum atomic E-state index is -0.160. The molecule has 154 valence electrons. The molecule has 3 aromatic rings. The number of hydrogen-bond acceptors (Lipinski definition) is 5. The normalized spacial score (nSPS) is 20.8. The maximum Gasteiger partial charge on any atom is 0.272 e. The average molecular weight is 403 g/mol. The van der Waals surface area contributed by atoms with E-state index in [4.69, 9.17) is 0 Å². The highest BCUT2D eigenvalue weighted by molar-refractivity contribution is 5.92. The molecule has 1 atom stereocenters. The second kappa shape index (κ2) is 6.42. The van der Waals surface area contributed by atoms with E-state index in [-0.39, 0.29) is 11.9 Å². The number of carbonyl (C=O) groups is 1. The van der Waals surface area contributed by atoms with Crippen LogP contribution in [0.3, 0.4) is 0 Å². The van der Waals surface area contributed by atoms with Gasteiger partial charge in [-0.25, -0.2) is 9.97 Å². The molecule has 0 bridgehead atoms. The van der Waals surface area contributed by atoms with Crippen LogP contribution in [0.25, 0.3) is 0 Å². The summed E-state index contributed by atoms with van der Waals surface area (Å²) in [6.45, 7) is 4.97. The molecule has 1 aliphatic heterocycles. The molecule has 0 aromatic carbocycles. The van der Waals surface area contributed by atoms with Gasteiger partial charge in [-0.2, -0.15) is 5.10 Å². The number of aromatic nitrogens is 5. The number of hydrogen-bond donors (Lipinski definition) is 2. The molecule has 2 N–H and O–H groups in total. The van der Waals surface area contributed by atoms with Gasteiger partial charge in [0.25, 0.3) is 5.91 Å². The number of nitrogens with zero attached hydrogens (tertiary/aromatic N) is 5. The van der Waals surface area contributed by atoms with Crippen LogP contribution in [0.4, 0.5) is 5.82 Å². The van der Waals surface area contributed by atoms with Crippen LogP contribution >= 0.6 is 0 Å². The van der Waals surface area contributed by atoms with Gasteiger partial charge in [0, 0.05) is 36.6 Å². The Balaban J connectivity index is 1.08. The minimum Gasteiger partial charge on any atom is -0.355 e. The van der Waals surface area contributed by atoms with Crippen LogP contribution in [-0.2, 0) is 13.0 Å². The molecule has 1 amide bonds. The number of aryl methyl sites for hydroxylation is 1. The Morgan fingerprint density at radius 2 is 2.17 bits per heavy atom. The number of carbonyl (C=O) groups excluding carboxylic acids is 1. The Morgan fingerprint density at radius 1 is 1.30 bits per heavy atom. The third-order valence-corrected chi connectivity index (χ3v) is 6.80. The van der Waals surface area contributed by atoms with Gasteiger partial charge in [0.1, 0.15) is 11.5 Å². The number of aromatic amines is 1. The summed E-state index contributed by atoms with van der Waals surface area (Å²) in [6.07, 6.45) is 10.00. The molecule has 1 saturated carbocycles. The monoisotopic (exact) mass is 403 g/mol. The highest BCUT2D eigenvalue weighted by Crippen LogP contribution is 2.53. The molecule has 0 radical (unpaired) electrons. The molecule has 8 heteroatoms. The lowest BCUT2D eigenvalue weighted by atomic mass is 9.97. The van der Waals surface area contributed by atoms with E-state index in [9.17, 15) is 4.79 Å². The fourth-order valence-corrected chi connectivity index (χ4v) is 4.76. The first-order valence-electron chi connectivity index (χ1n) is 10.6. The van der Waals surface area contributed by atoms with Crippen molar-refractivity contribution in [3.05, 3.63) is 59.1 Å². The quantitative estimate of drug-likeness (QED) is 0.682. The van der Waals surface area contributed by atoms with Crippen LogP contribution in [0.15, 0.2) is 30.9 Å². The highest BCUT2D eigenvalue weighted by atomic mass is 16.2. The summed E-state index contributed by atoms with van der Waals surface area (Å²) in [5.41, 5.74) is 5.43. The van der Waals surface area contributed by atoms with Crippen molar-refractivity contribution in [3.8, 4) is 0 Å². The maximum absolute atomic E-state index is 12.7. The third kappa shape index (κ3) is 2.98. The van der Waals surface area contributed by atoms with Gasteiger partial charge in [-0.15, -0.1) is 0 Å². The summed E-state index contributed by atoms with van der Waals surface area (Å²) in [5.74, 6) is 0.902. The summed E-state index contributed by atoms with van der Waals surface area (Å²) in [4.78, 5) is 23.9. The van der Waals surface area contributed by atoms with Crippen molar-refractivity contribution in [3.63, 3.8) is 0 Å². The van der Waals surface area contributed by atoms with Crippen molar-refractivity contribution in [1.82, 2.24) is 30.0 Å². The molecule has 2 fully saturated rings. The topological polar surface area (TPSA) is 91.7 Å². The van der Waals surface area contributed by atoms with Crippen LogP contribution in [-0.4, -0.2) is 43.7 Å². The van der Waals surface area contributed by atoms with Crippen molar-refractivity contribution < 1.29 is 4.79 Å². The van der Waals surface area contributed by atoms with E-state index >= 15 is 0 Å². The van der Waals surface area contributed by atoms with E-state index in [0.717, 1.165) is 48.7 Å². The largest absolute Gasteiger partial charge is 0.355 e. The minimum absolute atomic E-state index is 0.0457. The number of nitrogens with one attached hydrogen (secondary N) is 2. The fourth-order valence-electron chi connectivity index (χ4n) is 4.76. The zero-order valence-electron chi connectivity index (χ0n) is 17.1. The Labute approximate surface area is 174 Å². The highest BCUT2D eigenvalue weighted by Gasteiger charge is 2.52. The second-order valence-corrected chi connectivity index (χ2v) is 9.09. The van der Waals surface area contributed by atoms with E-state index in [1.807, 2.05) is 17.7 Å². The predicted molar refractivity (Wildman–Crippen MR) is 111 cm³/mol. The van der Waals surface area contributed by atoms with E-state index in [0.29, 0.717) is 17.7 Å². The molecule has 3 aliphatic rings. The maximum atomic E-state index is 12.7. The molecule has 3 aromatic heterocycles. The lowest BCUT2D eigenvalue weighted by Crippen LogP contribution is -2.48. The Hall–Kier alpha value is -3.16. The first-order chi connectivity index (χ1) is 14.6. The molecule has 6 rings (SSSR count). The van der Waals surface area contributed by atoms with Crippen molar-refractivity contribution in [2.24, 2.45) is 5.41 Å². The van der Waals surface area contributed by atoms with Gasteiger partial charge in [0.15, 0.2) is 0 Å². The number of fused-ring (bicyclic) bond motifs is 1. The number of H-pyrrole nitrogens is 1. The first-order valence-corrected chi connectivity index (χ1v) is 10.6. The SMILES string of the molecule is Cc1[nH]nc2c1CC[C@H]2NC(=O)c1cn(Cc2ccc(N3CC4(CC4)C3)nc2)cn1. The van der Waals surface area contributed by atoms with Gasteiger partial charge in [0.2, 0.25) is 0 Å². The van der Waals surface area contributed by atoms with Crippen molar-refractivity contribution in [2.75, 3.05) is 18.0 Å². The summed E-state index contributed by atoms with van der Waals surface area (Å²) >= 11 is 0. The summed E-state index contributed by atoms with van der Waals surface area (Å²) < 4.78 is 1.92. The molecule has 1 spiro atoms. The Kier molecular flexibility index (Phi) is 3.78. The first kappa shape index (κ1) is 17.7. The summed E-state index contributed by atoms with van der Waals surface area (Å²) in [7, 11) is 0. The van der Waals surface area contributed by atoms with Crippen molar-refractivity contribution in [1.29, 1.82) is 0 Å². The Bertz CT molecular complexity index is 1100. The lowest BCUT2D eigenvalue weighted by molar-refractivity contribution is 0.0931. The molecule has 8 nitrogen and oxygen atoms in total. The standard InChI is InChI=1S/C22H25N7O/c1-14-16-3-4-17(20(16)27-26-14)25-21(30)18-10-28(13-24-18)9-15-2-5-19(23-8-15)29-11-22(12-29)6-7-22/h2,5,8,10,13,17H,3-4,6-7,9,11-12H2,1H3,(H,25,30)(H,26,27)/t17-/m1/s1. The summed E-state index contributed by atoms with van der Waals surface area (Å²) in [6, 6.07) is 4.16. The van der Waals surface area contributed by atoms with E-state index < -0.39 is 0 Å². The summed E-state index contributed by atoms with van der Waals surface area (Å²) in [5, 5.41) is 10.4. The zero-order chi connectivity index (χ0) is 20.3. The molecule has 30 heavy (non-hydrogen) atoms. The molecular weight excluding hydrogens is 378 g/mol. The predicted octanol–water partition coefficient (Wildman–Crippen LogP) is 2.38. The van der Waals surface area contributed by atoms with E-state index in [2.05, 4.69) is 42.5 Å². The van der Waals surface area contributed by atoms with E-state index in [1.165, 1.54) is 18.4 Å². The van der Waals surface area contributed by atoms with Crippen molar-refractivity contribution in [2.45, 2.75) is 45.2 Å². The van der Waals surface area contributed by atoms with Gasteiger partial charge in [-0.1, -0.05) is 6.07 Å². The lowest BCUT2D eigenvalue weighted by Gasteiger charge is -2.40. The van der Waals surface area contributed by atoms with Gasteiger partial charge in [0.05, 0.1) is 24.6 Å². The van der Waals surface area contributed by atoms with Crippen LogP contribution in [0.1, 0.15) is 58.3 Å². The second-order valence-electron chi connectivity index (χ2n) is 9.09. The number of imidazole rings is 1. The van der Waals surface area contributed by atoms with Crippen molar-refractivity contribution >= 4 is 11.7 Å². The smallest absolute Gasteiger partial charge is 0.272 e. The molecular formula is C22H25N7O. The van der Waals surface area contributed by atoms with Crippen LogP contribution in [0.2, 0.25) is 0 Å². The number of anilines is 1. The van der Waals surface area contributed by atoms with Gasteiger partial charge in [-0.05, 0) is 49.8 Å². The molecule has 4 heterocycles. The van der Waals surface area contributed by atoms with Crippen LogP contribution in [0.5, 0.6) is 0 Å². The Morgan fingerprint density at radius 3 is 2.93 bits per heavy atom. The van der Waals surface area contributed by atoms with Gasteiger partial charge < -0.3 is 14.8 Å². The molecule has 0 unspecified atom stereocenters. The number of amides is 1. The molecule has 2 aliphatic carbocycles. The van der Waals surface area contributed by atoms with Crippen LogP contribution < -0.4 is 10.2 Å². The zero-order valence-corrected chi connectivity index (χ0v) is 17.1. The molecule has 1 saturated heterocycles. The van der Waals surface area contributed by atoms with Gasteiger partial charge in [-0.3, -0.25) is 9.89 Å². The van der Waals surface area contributed by atoms with E-state index in [1.54, 1.807) is 12.5 Å². The number of pyridine rings is 1. The number of rotatable bonds is 5. The van der Waals surface area contributed by atoms with Crippen LogP contribution in [0, 0.1) is 12.3 Å².